The maximum atomic E-state index is 10.7. The average molecular weight is 176 g/mol. The van der Waals surface area contributed by atoms with Gasteiger partial charge in [-0.2, -0.15) is 0 Å². The third-order valence-corrected chi connectivity index (χ3v) is 1.26. The second kappa shape index (κ2) is 4.74. The van der Waals surface area contributed by atoms with Crippen LogP contribution in [0.15, 0.2) is 0 Å². The van der Waals surface area contributed by atoms with Crippen LogP contribution in [0.1, 0.15) is 31.2 Å². The van der Waals surface area contributed by atoms with Crippen molar-refractivity contribution in [2.45, 2.75) is 33.2 Å². The molecule has 0 aliphatic carbocycles. The van der Waals surface area contributed by atoms with Gasteiger partial charge in [0.2, 0.25) is 5.91 Å². The smallest absolute Gasteiger partial charge is 0.326 e. The summed E-state index contributed by atoms with van der Waals surface area (Å²) in [6.45, 7) is 0.423. The van der Waals surface area contributed by atoms with Crippen molar-refractivity contribution < 1.29 is 18.8 Å². The van der Waals surface area contributed by atoms with Crippen molar-refractivity contribution in [3.63, 3.8) is 0 Å². The first kappa shape index (κ1) is 6.46. The van der Waals surface area contributed by atoms with E-state index in [9.17, 15) is 9.59 Å². The van der Waals surface area contributed by atoms with Crippen molar-refractivity contribution in [2.75, 3.05) is 0 Å². The second-order valence-corrected chi connectivity index (χ2v) is 2.73. The lowest BCUT2D eigenvalue weighted by Crippen LogP contribution is -2.40. The number of hydrogen-bond acceptors (Lipinski definition) is 2. The average Bonchev–Trinajstić information content (AvgIpc) is 1.99. The molecule has 0 spiro atoms. The van der Waals surface area contributed by atoms with E-state index in [0.717, 1.165) is 0 Å². The predicted molar refractivity (Wildman–Crippen MR) is 44.7 cm³/mol. The molecule has 4 heteroatoms. The summed E-state index contributed by atoms with van der Waals surface area (Å²) in [5.74, 6) is -2.48. The van der Waals surface area contributed by atoms with E-state index >= 15 is 0 Å². The van der Waals surface area contributed by atoms with Crippen LogP contribution in [-0.4, -0.2) is 23.0 Å². The molecule has 2 unspecified atom stereocenters. The van der Waals surface area contributed by atoms with Gasteiger partial charge in [0.25, 0.3) is 0 Å². The molecule has 0 aliphatic heterocycles. The van der Waals surface area contributed by atoms with Crippen molar-refractivity contribution in [1.82, 2.24) is 5.32 Å². The van der Waals surface area contributed by atoms with Gasteiger partial charge in [-0.05, 0) is 12.3 Å². The van der Waals surface area contributed by atoms with Gasteiger partial charge in [0.1, 0.15) is 6.04 Å². The molecule has 2 atom stereocenters. The van der Waals surface area contributed by atoms with Crippen LogP contribution in [0.3, 0.4) is 0 Å². The van der Waals surface area contributed by atoms with E-state index in [1.807, 2.05) is 0 Å². The van der Waals surface area contributed by atoms with Crippen molar-refractivity contribution in [3.05, 3.63) is 0 Å². The zero-order chi connectivity index (χ0) is 12.2. The fraction of sp³-hybridized carbons (Fsp3) is 0.750. The Kier molecular flexibility index (Phi) is 2.55. The summed E-state index contributed by atoms with van der Waals surface area (Å²) in [6, 6.07) is -1.14. The molecule has 0 radical (unpaired) electrons. The number of carboxylic acids is 1. The topological polar surface area (TPSA) is 66.4 Å². The molecule has 1 amide bonds. The normalized spacial score (nSPS) is 19.7. The third kappa shape index (κ3) is 4.71. The van der Waals surface area contributed by atoms with Gasteiger partial charge in [-0.25, -0.2) is 4.79 Å². The lowest BCUT2D eigenvalue weighted by atomic mass is 10.0. The number of rotatable bonds is 4. The minimum absolute atomic E-state index is 0.106. The fourth-order valence-electron chi connectivity index (χ4n) is 0.820. The van der Waals surface area contributed by atoms with Crippen LogP contribution in [-0.2, 0) is 9.59 Å². The first-order valence-electron chi connectivity index (χ1n) is 5.14. The molecule has 0 aromatic carbocycles. The highest BCUT2D eigenvalue weighted by Crippen LogP contribution is 2.04. The van der Waals surface area contributed by atoms with Gasteiger partial charge in [0, 0.05) is 11.0 Å². The van der Waals surface area contributed by atoms with E-state index in [4.69, 9.17) is 9.22 Å². The van der Waals surface area contributed by atoms with Gasteiger partial charge in [0.05, 0.1) is 0 Å². The van der Waals surface area contributed by atoms with Crippen molar-refractivity contribution >= 4 is 11.9 Å². The lowest BCUT2D eigenvalue weighted by Gasteiger charge is -2.14. The summed E-state index contributed by atoms with van der Waals surface area (Å²) >= 11 is 0. The molecule has 0 fully saturated rings. The van der Waals surface area contributed by atoms with E-state index in [0.29, 0.717) is 0 Å². The maximum absolute atomic E-state index is 10.7. The SMILES string of the molecule is [2H]C([2H])([2H])C(C)CC(NC(C)=O)C(=O)O. The van der Waals surface area contributed by atoms with E-state index in [1.54, 1.807) is 0 Å². The summed E-state index contributed by atoms with van der Waals surface area (Å²) in [7, 11) is 0. The largest absolute Gasteiger partial charge is 0.480 e. The molecular weight excluding hydrogens is 158 g/mol. The van der Waals surface area contributed by atoms with Crippen LogP contribution >= 0.6 is 0 Å². The fourth-order valence-corrected chi connectivity index (χ4v) is 0.820. The molecule has 4 nitrogen and oxygen atoms in total. The first-order chi connectivity index (χ1) is 6.64. The summed E-state index contributed by atoms with van der Waals surface area (Å²) in [5, 5.41) is 10.9. The highest BCUT2D eigenvalue weighted by molar-refractivity contribution is 5.81. The molecule has 0 heterocycles. The lowest BCUT2D eigenvalue weighted by molar-refractivity contribution is -0.142. The number of carbonyl (C=O) groups excluding carboxylic acids is 1. The van der Waals surface area contributed by atoms with E-state index in [1.165, 1.54) is 13.8 Å². The van der Waals surface area contributed by atoms with Gasteiger partial charge in [0.15, 0.2) is 0 Å². The molecule has 12 heavy (non-hydrogen) atoms. The van der Waals surface area contributed by atoms with Crippen LogP contribution < -0.4 is 5.32 Å². The molecule has 0 rings (SSSR count). The first-order valence-corrected chi connectivity index (χ1v) is 3.64. The number of aliphatic carboxylic acids is 1. The van der Waals surface area contributed by atoms with Crippen molar-refractivity contribution in [1.29, 1.82) is 0 Å². The molecule has 0 saturated carbocycles. The second-order valence-electron chi connectivity index (χ2n) is 2.73. The van der Waals surface area contributed by atoms with Gasteiger partial charge >= 0.3 is 5.97 Å². The minimum Gasteiger partial charge on any atom is -0.480 e. The molecular formula is C8H15NO3. The van der Waals surface area contributed by atoms with Gasteiger partial charge in [-0.15, -0.1) is 0 Å². The van der Waals surface area contributed by atoms with Gasteiger partial charge in [-0.3, -0.25) is 4.79 Å². The van der Waals surface area contributed by atoms with Crippen molar-refractivity contribution in [3.8, 4) is 0 Å². The highest BCUT2D eigenvalue weighted by atomic mass is 16.4. The maximum Gasteiger partial charge on any atom is 0.326 e. The van der Waals surface area contributed by atoms with Gasteiger partial charge < -0.3 is 10.4 Å². The van der Waals surface area contributed by atoms with Crippen LogP contribution in [0.2, 0.25) is 0 Å². The molecule has 0 aromatic heterocycles. The Balaban J connectivity index is 4.42. The van der Waals surface area contributed by atoms with Crippen molar-refractivity contribution in [2.24, 2.45) is 5.92 Å². The van der Waals surface area contributed by atoms with E-state index < -0.39 is 30.7 Å². The van der Waals surface area contributed by atoms with Crippen LogP contribution in [0.25, 0.3) is 0 Å². The molecule has 2 N–H and O–H groups in total. The quantitative estimate of drug-likeness (QED) is 0.660. The minimum atomic E-state index is -2.20. The van der Waals surface area contributed by atoms with E-state index in [2.05, 4.69) is 5.32 Å². The number of hydrogen-bond donors (Lipinski definition) is 2. The number of nitrogens with one attached hydrogen (secondary N) is 1. The third-order valence-electron chi connectivity index (χ3n) is 1.26. The Bertz CT molecular complexity index is 252. The predicted octanol–water partition coefficient (Wildman–Crippen LogP) is 0.622. The van der Waals surface area contributed by atoms with Crippen LogP contribution in [0.4, 0.5) is 0 Å². The Hall–Kier alpha value is -1.06. The summed E-state index contributed by atoms with van der Waals surface area (Å²) in [4.78, 5) is 21.4. The van der Waals surface area contributed by atoms with E-state index in [-0.39, 0.29) is 6.42 Å². The summed E-state index contributed by atoms with van der Waals surface area (Å²) in [6.07, 6.45) is -0.106. The Morgan fingerprint density at radius 3 is 2.58 bits per heavy atom. The standard InChI is InChI=1S/C8H15NO3/c1-5(2)4-7(8(11)12)9-6(3)10/h5,7H,4H2,1-3H3,(H,9,10)(H,11,12)/i1D3. The highest BCUT2D eigenvalue weighted by Gasteiger charge is 2.18. The molecule has 0 bridgehead atoms. The summed E-state index contributed by atoms with van der Waals surface area (Å²) < 4.78 is 21.2. The monoisotopic (exact) mass is 176 g/mol. The summed E-state index contributed by atoms with van der Waals surface area (Å²) in [5.41, 5.74) is 0. The molecule has 0 aromatic rings. The van der Waals surface area contributed by atoms with Gasteiger partial charge in [-0.1, -0.05) is 13.8 Å². The van der Waals surface area contributed by atoms with Crippen LogP contribution in [0.5, 0.6) is 0 Å². The Morgan fingerprint density at radius 2 is 2.25 bits per heavy atom. The Morgan fingerprint density at radius 1 is 1.67 bits per heavy atom. The number of carboxylic acid groups (broad SMARTS) is 1. The zero-order valence-corrected chi connectivity index (χ0v) is 7.13. The molecule has 0 aliphatic rings. The molecule has 70 valence electrons. The van der Waals surface area contributed by atoms with Crippen LogP contribution in [0, 0.1) is 5.92 Å². The zero-order valence-electron chi connectivity index (χ0n) is 10.1. The molecule has 0 saturated heterocycles. The Labute approximate surface area is 76.2 Å². The number of amides is 1. The number of carbonyl (C=O) groups is 2.